The van der Waals surface area contributed by atoms with Crippen LogP contribution in [0.15, 0.2) is 22.7 Å². The maximum absolute atomic E-state index is 11.9. The van der Waals surface area contributed by atoms with Crippen LogP contribution in [-0.2, 0) is 0 Å². The number of nitrogens with one attached hydrogen (secondary N) is 1. The third-order valence-corrected chi connectivity index (χ3v) is 4.48. The van der Waals surface area contributed by atoms with Crippen molar-refractivity contribution in [1.82, 2.24) is 5.32 Å². The first-order valence-electron chi connectivity index (χ1n) is 5.97. The number of hydrogen-bond donors (Lipinski definition) is 2. The fourth-order valence-corrected chi connectivity index (χ4v) is 2.64. The molecule has 2 unspecified atom stereocenters. The molecule has 1 aromatic carbocycles. The van der Waals surface area contributed by atoms with Gasteiger partial charge in [-0.15, -0.1) is 0 Å². The van der Waals surface area contributed by atoms with E-state index in [-0.39, 0.29) is 12.0 Å². The summed E-state index contributed by atoms with van der Waals surface area (Å²) in [7, 11) is 0. The predicted molar refractivity (Wildman–Crippen MR) is 74.8 cm³/mol. The Morgan fingerprint density at radius 1 is 1.50 bits per heavy atom. The molecule has 18 heavy (non-hydrogen) atoms. The van der Waals surface area contributed by atoms with Gasteiger partial charge in [-0.1, -0.05) is 11.6 Å². The quantitative estimate of drug-likeness (QED) is 0.894. The van der Waals surface area contributed by atoms with Gasteiger partial charge in [-0.05, 0) is 59.3 Å². The Labute approximate surface area is 120 Å². The standard InChI is InChI=1S/C13H15BrClNO2/c14-11-4-2-9(6-12(11)15)13(18)16-7-8-1-3-10(17)5-8/h2,4,6,8,10,17H,1,3,5,7H2,(H,16,18). The molecule has 1 saturated carbocycles. The minimum Gasteiger partial charge on any atom is -0.393 e. The molecule has 1 fully saturated rings. The Morgan fingerprint density at radius 2 is 2.28 bits per heavy atom. The summed E-state index contributed by atoms with van der Waals surface area (Å²) >= 11 is 9.23. The lowest BCUT2D eigenvalue weighted by atomic mass is 10.1. The van der Waals surface area contributed by atoms with Crippen LogP contribution >= 0.6 is 27.5 Å². The SMILES string of the molecule is O=C(NCC1CCC(O)C1)c1ccc(Br)c(Cl)c1. The molecular weight excluding hydrogens is 318 g/mol. The zero-order valence-corrected chi connectivity index (χ0v) is 12.2. The van der Waals surface area contributed by atoms with E-state index in [0.717, 1.165) is 23.7 Å². The number of aliphatic hydroxyl groups excluding tert-OH is 1. The summed E-state index contributed by atoms with van der Waals surface area (Å²) in [5.74, 6) is 0.265. The van der Waals surface area contributed by atoms with E-state index in [9.17, 15) is 9.90 Å². The zero-order chi connectivity index (χ0) is 13.1. The Bertz CT molecular complexity index is 453. The zero-order valence-electron chi connectivity index (χ0n) is 9.83. The number of amides is 1. The number of halogens is 2. The molecule has 2 N–H and O–H groups in total. The first kappa shape index (κ1) is 13.8. The molecule has 5 heteroatoms. The molecule has 98 valence electrons. The van der Waals surface area contributed by atoms with Gasteiger partial charge in [-0.3, -0.25) is 4.79 Å². The van der Waals surface area contributed by atoms with E-state index in [0.29, 0.717) is 23.0 Å². The van der Waals surface area contributed by atoms with Crippen molar-refractivity contribution in [2.45, 2.75) is 25.4 Å². The van der Waals surface area contributed by atoms with E-state index in [1.807, 2.05) is 0 Å². The average Bonchev–Trinajstić information content (AvgIpc) is 2.75. The number of carbonyl (C=O) groups is 1. The molecule has 1 aliphatic rings. The van der Waals surface area contributed by atoms with Gasteiger partial charge in [0, 0.05) is 16.6 Å². The van der Waals surface area contributed by atoms with Gasteiger partial charge >= 0.3 is 0 Å². The van der Waals surface area contributed by atoms with Crippen molar-refractivity contribution < 1.29 is 9.90 Å². The second-order valence-corrected chi connectivity index (χ2v) is 5.93. The van der Waals surface area contributed by atoms with Crippen LogP contribution in [0, 0.1) is 5.92 Å². The van der Waals surface area contributed by atoms with Gasteiger partial charge in [0.05, 0.1) is 11.1 Å². The second kappa shape index (κ2) is 6.04. The smallest absolute Gasteiger partial charge is 0.251 e. The largest absolute Gasteiger partial charge is 0.393 e. The molecule has 0 bridgehead atoms. The van der Waals surface area contributed by atoms with E-state index in [1.54, 1.807) is 18.2 Å². The number of hydrogen-bond acceptors (Lipinski definition) is 2. The van der Waals surface area contributed by atoms with Crippen molar-refractivity contribution in [2.75, 3.05) is 6.54 Å². The molecule has 1 amide bonds. The van der Waals surface area contributed by atoms with E-state index < -0.39 is 0 Å². The molecule has 1 aromatic rings. The second-order valence-electron chi connectivity index (χ2n) is 4.67. The molecule has 2 rings (SSSR count). The fourth-order valence-electron chi connectivity index (χ4n) is 2.21. The lowest BCUT2D eigenvalue weighted by molar-refractivity contribution is 0.0945. The summed E-state index contributed by atoms with van der Waals surface area (Å²) in [5, 5.41) is 12.8. The topological polar surface area (TPSA) is 49.3 Å². The van der Waals surface area contributed by atoms with Crippen molar-refractivity contribution >= 4 is 33.4 Å². The van der Waals surface area contributed by atoms with Crippen LogP contribution in [0.2, 0.25) is 5.02 Å². The minimum absolute atomic E-state index is 0.120. The van der Waals surface area contributed by atoms with E-state index in [1.165, 1.54) is 0 Å². The lowest BCUT2D eigenvalue weighted by Crippen LogP contribution is -2.28. The Hall–Kier alpha value is -0.580. The molecule has 0 aromatic heterocycles. The monoisotopic (exact) mass is 331 g/mol. The van der Waals surface area contributed by atoms with Gasteiger partial charge in [0.15, 0.2) is 0 Å². The van der Waals surface area contributed by atoms with Crippen LogP contribution < -0.4 is 5.32 Å². The molecule has 0 spiro atoms. The van der Waals surface area contributed by atoms with Crippen LogP contribution in [-0.4, -0.2) is 23.7 Å². The van der Waals surface area contributed by atoms with Gasteiger partial charge < -0.3 is 10.4 Å². The highest BCUT2D eigenvalue weighted by molar-refractivity contribution is 9.10. The Kier molecular flexibility index (Phi) is 4.65. The number of rotatable bonds is 3. The summed E-state index contributed by atoms with van der Waals surface area (Å²) in [6.45, 7) is 0.615. The van der Waals surface area contributed by atoms with Crippen LogP contribution in [0.1, 0.15) is 29.6 Å². The first-order valence-corrected chi connectivity index (χ1v) is 7.14. The summed E-state index contributed by atoms with van der Waals surface area (Å²) in [5.41, 5.74) is 0.557. The number of benzene rings is 1. The van der Waals surface area contributed by atoms with E-state index in [4.69, 9.17) is 11.6 Å². The van der Waals surface area contributed by atoms with Gasteiger partial charge in [-0.25, -0.2) is 0 Å². The Morgan fingerprint density at radius 3 is 2.89 bits per heavy atom. The summed E-state index contributed by atoms with van der Waals surface area (Å²) in [6.07, 6.45) is 2.39. The highest BCUT2D eigenvalue weighted by Gasteiger charge is 2.23. The van der Waals surface area contributed by atoms with Crippen molar-refractivity contribution in [2.24, 2.45) is 5.92 Å². The van der Waals surface area contributed by atoms with Gasteiger partial charge in [-0.2, -0.15) is 0 Å². The normalized spacial score (nSPS) is 23.1. The number of aliphatic hydroxyl groups is 1. The summed E-state index contributed by atoms with van der Waals surface area (Å²) in [4.78, 5) is 11.9. The van der Waals surface area contributed by atoms with Crippen LogP contribution in [0.3, 0.4) is 0 Å². The van der Waals surface area contributed by atoms with Crippen molar-refractivity contribution in [1.29, 1.82) is 0 Å². The van der Waals surface area contributed by atoms with Crippen molar-refractivity contribution in [3.8, 4) is 0 Å². The molecule has 0 aliphatic heterocycles. The third-order valence-electron chi connectivity index (χ3n) is 3.25. The van der Waals surface area contributed by atoms with Crippen LogP contribution in [0.4, 0.5) is 0 Å². The molecular formula is C13H15BrClNO2. The van der Waals surface area contributed by atoms with Gasteiger partial charge in [0.25, 0.3) is 5.91 Å². The van der Waals surface area contributed by atoms with Gasteiger partial charge in [0.1, 0.15) is 0 Å². The van der Waals surface area contributed by atoms with E-state index in [2.05, 4.69) is 21.2 Å². The van der Waals surface area contributed by atoms with Crippen molar-refractivity contribution in [3.63, 3.8) is 0 Å². The number of carbonyl (C=O) groups excluding carboxylic acids is 1. The van der Waals surface area contributed by atoms with Gasteiger partial charge in [0.2, 0.25) is 0 Å². The molecule has 0 saturated heterocycles. The average molecular weight is 333 g/mol. The summed E-state index contributed by atoms with van der Waals surface area (Å²) in [6, 6.07) is 5.13. The maximum atomic E-state index is 11.9. The highest BCUT2D eigenvalue weighted by Crippen LogP contribution is 2.25. The third kappa shape index (κ3) is 3.46. The molecule has 3 nitrogen and oxygen atoms in total. The highest BCUT2D eigenvalue weighted by atomic mass is 79.9. The first-order chi connectivity index (χ1) is 8.56. The van der Waals surface area contributed by atoms with Crippen molar-refractivity contribution in [3.05, 3.63) is 33.3 Å². The van der Waals surface area contributed by atoms with Crippen LogP contribution in [0.25, 0.3) is 0 Å². The molecule has 2 atom stereocenters. The maximum Gasteiger partial charge on any atom is 0.251 e. The fraction of sp³-hybridized carbons (Fsp3) is 0.462. The molecule has 1 aliphatic carbocycles. The van der Waals surface area contributed by atoms with Crippen LogP contribution in [0.5, 0.6) is 0 Å². The predicted octanol–water partition coefficient (Wildman–Crippen LogP) is 2.99. The molecule has 0 radical (unpaired) electrons. The molecule has 0 heterocycles. The van der Waals surface area contributed by atoms with E-state index >= 15 is 0 Å². The Balaban J connectivity index is 1.89. The summed E-state index contributed by atoms with van der Waals surface area (Å²) < 4.78 is 0.777. The lowest BCUT2D eigenvalue weighted by Gasteiger charge is -2.11. The minimum atomic E-state index is -0.200.